The van der Waals surface area contributed by atoms with Crippen LogP contribution in [0.25, 0.3) is 16.8 Å². The van der Waals surface area contributed by atoms with Crippen molar-refractivity contribution in [3.8, 4) is 0 Å². The molecule has 80 valence electrons. The Morgan fingerprint density at radius 2 is 2.06 bits per heavy atom. The Bertz CT molecular complexity index is 568. The Labute approximate surface area is 93.1 Å². The van der Waals surface area contributed by atoms with Crippen molar-refractivity contribution in [3.63, 3.8) is 0 Å². The number of carbonyl (C=O) groups is 1. The Morgan fingerprint density at radius 1 is 1.31 bits per heavy atom. The van der Waals surface area contributed by atoms with Crippen LogP contribution < -0.4 is 0 Å². The lowest BCUT2D eigenvalue weighted by atomic mass is 10.1. The molecule has 1 heterocycles. The minimum absolute atomic E-state index is 0.304. The van der Waals surface area contributed by atoms with Crippen LogP contribution in [0.3, 0.4) is 0 Å². The van der Waals surface area contributed by atoms with Gasteiger partial charge in [-0.1, -0.05) is 24.3 Å². The van der Waals surface area contributed by atoms with Crippen LogP contribution in [0.5, 0.6) is 0 Å². The fourth-order valence-corrected chi connectivity index (χ4v) is 1.55. The van der Waals surface area contributed by atoms with Crippen LogP contribution >= 0.6 is 0 Å². The number of nitrogens with zero attached hydrogens (tertiary/aromatic N) is 1. The Morgan fingerprint density at radius 3 is 2.81 bits per heavy atom. The number of hydrogen-bond donors (Lipinski definition) is 1. The fourth-order valence-electron chi connectivity index (χ4n) is 1.55. The zero-order valence-corrected chi connectivity index (χ0v) is 8.84. The summed E-state index contributed by atoms with van der Waals surface area (Å²) in [4.78, 5) is 14.8. The van der Waals surface area contributed by atoms with Crippen molar-refractivity contribution >= 4 is 22.8 Å². The van der Waals surface area contributed by atoms with Gasteiger partial charge in [0.05, 0.1) is 0 Å². The smallest absolute Gasteiger partial charge is 0.331 e. The highest BCUT2D eigenvalue weighted by Gasteiger charge is 2.02. The zero-order valence-electron chi connectivity index (χ0n) is 8.84. The standard InChI is InChI=1S/C13H11NO2/c1-9(13(15)16)6-11-8-14-7-10-4-2-3-5-12(10)11/h2-8H,1H3,(H,15,16)/b9-6-. The molecule has 0 saturated heterocycles. The van der Waals surface area contributed by atoms with E-state index in [1.165, 1.54) is 0 Å². The van der Waals surface area contributed by atoms with Crippen molar-refractivity contribution < 1.29 is 9.90 Å². The van der Waals surface area contributed by atoms with E-state index in [-0.39, 0.29) is 0 Å². The number of aromatic nitrogens is 1. The fraction of sp³-hybridized carbons (Fsp3) is 0.0769. The number of aliphatic carboxylic acids is 1. The highest BCUT2D eigenvalue weighted by molar-refractivity contribution is 5.96. The molecule has 0 aliphatic heterocycles. The van der Waals surface area contributed by atoms with E-state index >= 15 is 0 Å². The van der Waals surface area contributed by atoms with Crippen molar-refractivity contribution in [2.75, 3.05) is 0 Å². The first-order valence-electron chi connectivity index (χ1n) is 4.93. The molecule has 1 N–H and O–H groups in total. The van der Waals surface area contributed by atoms with Gasteiger partial charge in [0.15, 0.2) is 0 Å². The second-order valence-electron chi connectivity index (χ2n) is 3.58. The van der Waals surface area contributed by atoms with E-state index in [1.54, 1.807) is 25.4 Å². The summed E-state index contributed by atoms with van der Waals surface area (Å²) in [6, 6.07) is 7.77. The van der Waals surface area contributed by atoms with E-state index in [4.69, 9.17) is 5.11 Å². The van der Waals surface area contributed by atoms with Crippen LogP contribution in [-0.2, 0) is 4.79 Å². The maximum Gasteiger partial charge on any atom is 0.331 e. The SMILES string of the molecule is C/C(=C/c1cncc2ccccc12)C(=O)O. The summed E-state index contributed by atoms with van der Waals surface area (Å²) >= 11 is 0. The minimum Gasteiger partial charge on any atom is -0.478 e. The largest absolute Gasteiger partial charge is 0.478 e. The molecule has 2 rings (SSSR count). The van der Waals surface area contributed by atoms with E-state index in [2.05, 4.69) is 4.98 Å². The average Bonchev–Trinajstić information content (AvgIpc) is 2.29. The van der Waals surface area contributed by atoms with Gasteiger partial charge in [-0.2, -0.15) is 0 Å². The summed E-state index contributed by atoms with van der Waals surface area (Å²) in [6.45, 7) is 1.57. The molecule has 3 heteroatoms. The molecule has 0 aliphatic rings. The molecule has 0 atom stereocenters. The number of carboxylic acids is 1. The van der Waals surface area contributed by atoms with Crippen molar-refractivity contribution in [1.29, 1.82) is 0 Å². The predicted octanol–water partition coefficient (Wildman–Crippen LogP) is 2.72. The van der Waals surface area contributed by atoms with Crippen molar-refractivity contribution in [1.82, 2.24) is 4.98 Å². The lowest BCUT2D eigenvalue weighted by molar-refractivity contribution is -0.132. The molecule has 0 spiro atoms. The lowest BCUT2D eigenvalue weighted by Crippen LogP contribution is -1.95. The third kappa shape index (κ3) is 1.93. The maximum atomic E-state index is 10.8. The number of carboxylic acid groups (broad SMARTS) is 1. The monoisotopic (exact) mass is 213 g/mol. The quantitative estimate of drug-likeness (QED) is 0.780. The normalized spacial score (nSPS) is 11.7. The van der Waals surface area contributed by atoms with Gasteiger partial charge in [0, 0.05) is 28.9 Å². The molecule has 1 aromatic carbocycles. The van der Waals surface area contributed by atoms with Gasteiger partial charge in [-0.3, -0.25) is 4.98 Å². The summed E-state index contributed by atoms with van der Waals surface area (Å²) in [5, 5.41) is 10.8. The number of pyridine rings is 1. The summed E-state index contributed by atoms with van der Waals surface area (Å²) in [5.74, 6) is -0.909. The van der Waals surface area contributed by atoms with Crippen molar-refractivity contribution in [2.45, 2.75) is 6.92 Å². The Hall–Kier alpha value is -2.16. The van der Waals surface area contributed by atoms with Gasteiger partial charge in [0.2, 0.25) is 0 Å². The summed E-state index contributed by atoms with van der Waals surface area (Å²) in [7, 11) is 0. The van der Waals surface area contributed by atoms with Crippen LogP contribution in [0.4, 0.5) is 0 Å². The lowest BCUT2D eigenvalue weighted by Gasteiger charge is -2.01. The Balaban J connectivity index is 2.61. The molecule has 1 aromatic heterocycles. The summed E-state index contributed by atoms with van der Waals surface area (Å²) < 4.78 is 0. The van der Waals surface area contributed by atoms with Crippen molar-refractivity contribution in [3.05, 3.63) is 47.8 Å². The third-order valence-corrected chi connectivity index (χ3v) is 2.41. The van der Waals surface area contributed by atoms with Gasteiger partial charge in [0.25, 0.3) is 0 Å². The van der Waals surface area contributed by atoms with Gasteiger partial charge in [-0.05, 0) is 18.4 Å². The predicted molar refractivity (Wildman–Crippen MR) is 63.0 cm³/mol. The number of benzene rings is 1. The first kappa shape index (κ1) is 10.4. The van der Waals surface area contributed by atoms with Crippen LogP contribution in [0, 0.1) is 0 Å². The van der Waals surface area contributed by atoms with E-state index in [9.17, 15) is 4.79 Å². The topological polar surface area (TPSA) is 50.2 Å². The average molecular weight is 213 g/mol. The Kier molecular flexibility index (Phi) is 2.68. The molecule has 0 amide bonds. The van der Waals surface area contributed by atoms with Crippen LogP contribution in [0.1, 0.15) is 12.5 Å². The number of fused-ring (bicyclic) bond motifs is 1. The van der Waals surface area contributed by atoms with Gasteiger partial charge < -0.3 is 5.11 Å². The molecule has 0 fully saturated rings. The van der Waals surface area contributed by atoms with Crippen LogP contribution in [-0.4, -0.2) is 16.1 Å². The van der Waals surface area contributed by atoms with E-state index in [0.717, 1.165) is 16.3 Å². The molecule has 0 aliphatic carbocycles. The first-order valence-corrected chi connectivity index (χ1v) is 4.93. The number of hydrogen-bond acceptors (Lipinski definition) is 2. The third-order valence-electron chi connectivity index (χ3n) is 2.41. The van der Waals surface area contributed by atoms with Crippen molar-refractivity contribution in [2.24, 2.45) is 0 Å². The molecule has 2 aromatic rings. The number of rotatable bonds is 2. The van der Waals surface area contributed by atoms with E-state index in [0.29, 0.717) is 5.57 Å². The highest BCUT2D eigenvalue weighted by Crippen LogP contribution is 2.19. The van der Waals surface area contributed by atoms with Crippen LogP contribution in [0.2, 0.25) is 0 Å². The molecular formula is C13H11NO2. The van der Waals surface area contributed by atoms with E-state index < -0.39 is 5.97 Å². The minimum atomic E-state index is -0.909. The summed E-state index contributed by atoms with van der Waals surface area (Å²) in [5.41, 5.74) is 1.14. The van der Waals surface area contributed by atoms with Gasteiger partial charge in [-0.15, -0.1) is 0 Å². The molecule has 0 radical (unpaired) electrons. The molecule has 0 saturated carbocycles. The molecular weight excluding hydrogens is 202 g/mol. The second-order valence-corrected chi connectivity index (χ2v) is 3.58. The molecule has 0 unspecified atom stereocenters. The second kappa shape index (κ2) is 4.14. The molecule has 16 heavy (non-hydrogen) atoms. The first-order chi connectivity index (χ1) is 7.68. The van der Waals surface area contributed by atoms with Gasteiger partial charge >= 0.3 is 5.97 Å². The van der Waals surface area contributed by atoms with E-state index in [1.807, 2.05) is 24.3 Å². The maximum absolute atomic E-state index is 10.8. The van der Waals surface area contributed by atoms with Gasteiger partial charge in [-0.25, -0.2) is 4.79 Å². The van der Waals surface area contributed by atoms with Crippen LogP contribution in [0.15, 0.2) is 42.2 Å². The zero-order chi connectivity index (χ0) is 11.5. The molecule has 0 bridgehead atoms. The molecule has 3 nitrogen and oxygen atoms in total. The highest BCUT2D eigenvalue weighted by atomic mass is 16.4. The summed E-state index contributed by atoms with van der Waals surface area (Å²) in [6.07, 6.45) is 5.08. The van der Waals surface area contributed by atoms with Gasteiger partial charge in [0.1, 0.15) is 0 Å².